The van der Waals surface area contributed by atoms with E-state index in [1.165, 1.54) is 11.8 Å². The van der Waals surface area contributed by atoms with Crippen LogP contribution in [0.25, 0.3) is 0 Å². The summed E-state index contributed by atoms with van der Waals surface area (Å²) in [5, 5.41) is 2.99. The first kappa shape index (κ1) is 27.2. The molecule has 0 aliphatic carbocycles. The van der Waals surface area contributed by atoms with Crippen molar-refractivity contribution in [3.8, 4) is 0 Å². The number of carbonyl (C=O) groups is 2. The molecule has 0 aromatic heterocycles. The number of carbonyl (C=O) groups excluding carboxylic acids is 2. The molecule has 0 radical (unpaired) electrons. The van der Waals surface area contributed by atoms with Crippen LogP contribution in [0, 0.1) is 6.92 Å². The van der Waals surface area contributed by atoms with Crippen molar-refractivity contribution in [3.63, 3.8) is 0 Å². The summed E-state index contributed by atoms with van der Waals surface area (Å²) in [7, 11) is -3.16. The van der Waals surface area contributed by atoms with Crippen LogP contribution in [0.4, 0.5) is 4.79 Å². The van der Waals surface area contributed by atoms with Gasteiger partial charge in [0.25, 0.3) is 5.91 Å². The summed E-state index contributed by atoms with van der Waals surface area (Å²) in [6, 6.07) is 16.2. The van der Waals surface area contributed by atoms with Gasteiger partial charge in [-0.3, -0.25) is 4.79 Å². The predicted octanol–water partition coefficient (Wildman–Crippen LogP) is 3.73. The minimum Gasteiger partial charge on any atom is -0.444 e. The van der Waals surface area contributed by atoms with Gasteiger partial charge in [0.1, 0.15) is 11.6 Å². The van der Waals surface area contributed by atoms with Crippen molar-refractivity contribution >= 4 is 38.8 Å². The Morgan fingerprint density at radius 3 is 2.41 bits per heavy atom. The summed E-state index contributed by atoms with van der Waals surface area (Å²) < 4.78 is 30.1. The van der Waals surface area contributed by atoms with Gasteiger partial charge in [0.2, 0.25) is 0 Å². The molecular formula is C27H33N3O5S2. The minimum absolute atomic E-state index is 0.0351. The predicted molar refractivity (Wildman–Crippen MR) is 146 cm³/mol. The maximum absolute atomic E-state index is 13.5. The molecule has 3 atom stereocenters. The van der Waals surface area contributed by atoms with Gasteiger partial charge in [0, 0.05) is 18.2 Å². The van der Waals surface area contributed by atoms with Crippen LogP contribution < -0.4 is 5.32 Å². The monoisotopic (exact) mass is 543 g/mol. The first-order valence-corrected chi connectivity index (χ1v) is 14.9. The largest absolute Gasteiger partial charge is 0.444 e. The van der Waals surface area contributed by atoms with Crippen LogP contribution in [0.3, 0.4) is 0 Å². The van der Waals surface area contributed by atoms with E-state index in [0.29, 0.717) is 11.7 Å². The summed E-state index contributed by atoms with van der Waals surface area (Å²) in [6.07, 6.45) is -0.444. The fourth-order valence-corrected chi connectivity index (χ4v) is 8.34. The van der Waals surface area contributed by atoms with Gasteiger partial charge in [-0.1, -0.05) is 71.9 Å². The Bertz CT molecular complexity index is 1270. The molecule has 0 spiro atoms. The van der Waals surface area contributed by atoms with E-state index in [2.05, 4.69) is 10.3 Å². The van der Waals surface area contributed by atoms with Crippen molar-refractivity contribution in [2.24, 2.45) is 4.99 Å². The zero-order valence-electron chi connectivity index (χ0n) is 21.5. The van der Waals surface area contributed by atoms with E-state index in [1.54, 1.807) is 20.8 Å². The number of hydrogen-bond donors (Lipinski definition) is 1. The molecule has 0 unspecified atom stereocenters. The summed E-state index contributed by atoms with van der Waals surface area (Å²) in [4.78, 5) is 32.4. The van der Waals surface area contributed by atoms with Gasteiger partial charge in [-0.25, -0.2) is 13.2 Å². The number of thioether (sulfide) groups is 1. The molecule has 4 rings (SSSR count). The molecule has 2 aliphatic rings. The number of hydrogen-bond acceptors (Lipinski definition) is 6. The maximum Gasteiger partial charge on any atom is 0.408 e. The lowest BCUT2D eigenvalue weighted by molar-refractivity contribution is -0.119. The minimum atomic E-state index is -3.16. The zero-order valence-corrected chi connectivity index (χ0v) is 23.1. The highest BCUT2D eigenvalue weighted by Gasteiger charge is 2.48. The lowest BCUT2D eigenvalue weighted by Crippen LogP contribution is -2.45. The Hall–Kier alpha value is -2.85. The number of fused-ring (bicyclic) bond motifs is 1. The number of ether oxygens (including phenoxy) is 1. The Kier molecular flexibility index (Phi) is 7.99. The van der Waals surface area contributed by atoms with Crippen LogP contribution >= 0.6 is 11.8 Å². The number of nitrogens with one attached hydrogen (secondary N) is 1. The van der Waals surface area contributed by atoms with Crippen LogP contribution in [-0.4, -0.2) is 64.9 Å². The summed E-state index contributed by atoms with van der Waals surface area (Å²) >= 11 is 1.33. The molecule has 0 bridgehead atoms. The first-order valence-electron chi connectivity index (χ1n) is 12.2. The Morgan fingerprint density at radius 1 is 1.08 bits per heavy atom. The third-order valence-corrected chi connectivity index (χ3v) is 9.37. The van der Waals surface area contributed by atoms with E-state index in [-0.39, 0.29) is 29.2 Å². The smallest absolute Gasteiger partial charge is 0.408 e. The highest BCUT2D eigenvalue weighted by molar-refractivity contribution is 8.15. The molecule has 2 aliphatic heterocycles. The van der Waals surface area contributed by atoms with Gasteiger partial charge < -0.3 is 15.0 Å². The molecule has 2 aromatic carbocycles. The van der Waals surface area contributed by atoms with E-state index in [9.17, 15) is 18.0 Å². The second-order valence-corrected chi connectivity index (χ2v) is 13.9. The van der Waals surface area contributed by atoms with Crippen molar-refractivity contribution in [3.05, 3.63) is 71.3 Å². The third kappa shape index (κ3) is 7.35. The normalized spacial score (nSPS) is 22.5. The standard InChI is InChI=1S/C27H33N3O5S2/c1-18-10-12-20(13-11-18)15-30-22-16-37(33,34)17-23(22)36-25(30)29-24(31)21(14-19-8-6-5-7-9-19)28-26(32)35-27(2,3)4/h5-13,21-23H,14-17H2,1-4H3,(H,28,32)/t21-,22+,23+/m0/s1. The van der Waals surface area contributed by atoms with Crippen molar-refractivity contribution < 1.29 is 22.7 Å². The van der Waals surface area contributed by atoms with Crippen LogP contribution in [0.2, 0.25) is 0 Å². The van der Waals surface area contributed by atoms with E-state index in [0.717, 1.165) is 16.7 Å². The third-order valence-electron chi connectivity index (χ3n) is 6.13. The average Bonchev–Trinajstić information content (AvgIpc) is 3.25. The number of alkyl carbamates (subject to hydrolysis) is 1. The second-order valence-electron chi connectivity index (χ2n) is 10.5. The molecule has 2 fully saturated rings. The molecule has 198 valence electrons. The number of rotatable bonds is 6. The van der Waals surface area contributed by atoms with E-state index in [4.69, 9.17) is 4.74 Å². The highest BCUT2D eigenvalue weighted by atomic mass is 32.2. The summed E-state index contributed by atoms with van der Waals surface area (Å²) in [6.45, 7) is 7.72. The number of sulfone groups is 1. The topological polar surface area (TPSA) is 105 Å². The lowest BCUT2D eigenvalue weighted by atomic mass is 10.1. The highest BCUT2D eigenvalue weighted by Crippen LogP contribution is 2.39. The fourth-order valence-electron chi connectivity index (χ4n) is 4.38. The molecule has 37 heavy (non-hydrogen) atoms. The number of aryl methyl sites for hydroxylation is 1. The van der Waals surface area contributed by atoms with Gasteiger partial charge >= 0.3 is 6.09 Å². The SMILES string of the molecule is Cc1ccc(CN2C(=NC(=O)[C@H](Cc3ccccc3)NC(=O)OC(C)(C)C)S[C@@H]3CS(=O)(=O)C[C@H]32)cc1. The number of nitrogens with zero attached hydrogens (tertiary/aromatic N) is 2. The molecule has 1 N–H and O–H groups in total. The van der Waals surface area contributed by atoms with Crippen LogP contribution in [0.1, 0.15) is 37.5 Å². The van der Waals surface area contributed by atoms with Gasteiger partial charge in [-0.15, -0.1) is 0 Å². The van der Waals surface area contributed by atoms with Gasteiger partial charge in [-0.2, -0.15) is 4.99 Å². The molecule has 8 nitrogen and oxygen atoms in total. The molecule has 10 heteroatoms. The molecule has 2 amide bonds. The Labute approximate surface area is 222 Å². The average molecular weight is 544 g/mol. The van der Waals surface area contributed by atoms with Crippen molar-refractivity contribution in [2.75, 3.05) is 11.5 Å². The van der Waals surface area contributed by atoms with Crippen LogP contribution in [-0.2, 0) is 32.3 Å². The van der Waals surface area contributed by atoms with Gasteiger partial charge in [-0.05, 0) is 38.8 Å². The van der Waals surface area contributed by atoms with E-state index >= 15 is 0 Å². The maximum atomic E-state index is 13.5. The number of aliphatic imine (C=N–C) groups is 1. The van der Waals surface area contributed by atoms with Crippen molar-refractivity contribution in [1.82, 2.24) is 10.2 Å². The quantitative estimate of drug-likeness (QED) is 0.592. The van der Waals surface area contributed by atoms with Crippen LogP contribution in [0.5, 0.6) is 0 Å². The summed E-state index contributed by atoms with van der Waals surface area (Å²) in [5.74, 6) is -0.411. The zero-order chi connectivity index (χ0) is 26.8. The lowest BCUT2D eigenvalue weighted by Gasteiger charge is -2.25. The number of benzene rings is 2. The van der Waals surface area contributed by atoms with Crippen molar-refractivity contribution in [2.45, 2.75) is 63.6 Å². The molecule has 0 saturated carbocycles. The van der Waals surface area contributed by atoms with Gasteiger partial charge in [0.15, 0.2) is 15.0 Å². The molecule has 2 saturated heterocycles. The fraction of sp³-hybridized carbons (Fsp3) is 0.444. The molecule has 2 aromatic rings. The first-order chi connectivity index (χ1) is 17.4. The van der Waals surface area contributed by atoms with Gasteiger partial charge in [0.05, 0.1) is 17.5 Å². The van der Waals surface area contributed by atoms with E-state index in [1.807, 2.05) is 66.4 Å². The molecule has 2 heterocycles. The number of amidine groups is 1. The van der Waals surface area contributed by atoms with Crippen molar-refractivity contribution in [1.29, 1.82) is 0 Å². The summed E-state index contributed by atoms with van der Waals surface area (Å²) in [5.41, 5.74) is 2.28. The Morgan fingerprint density at radius 2 is 1.76 bits per heavy atom. The number of amides is 2. The van der Waals surface area contributed by atoms with Crippen LogP contribution in [0.15, 0.2) is 59.6 Å². The Balaban J connectivity index is 1.60. The molecular weight excluding hydrogens is 510 g/mol. The second kappa shape index (κ2) is 10.9. The van der Waals surface area contributed by atoms with E-state index < -0.39 is 33.5 Å².